The summed E-state index contributed by atoms with van der Waals surface area (Å²) in [6.07, 6.45) is 1.37. The van der Waals surface area contributed by atoms with Crippen molar-refractivity contribution in [3.8, 4) is 5.75 Å². The number of carbonyl (C=O) groups excluding carboxylic acids is 2. The van der Waals surface area contributed by atoms with E-state index in [-0.39, 0.29) is 23.8 Å². The number of hydrazone groups is 1. The van der Waals surface area contributed by atoms with Gasteiger partial charge in [-0.25, -0.2) is 5.43 Å². The van der Waals surface area contributed by atoms with E-state index >= 15 is 0 Å². The molecule has 0 aliphatic heterocycles. The summed E-state index contributed by atoms with van der Waals surface area (Å²) in [5, 5.41) is 17.6. The summed E-state index contributed by atoms with van der Waals surface area (Å²) < 4.78 is 5.63. The quantitative estimate of drug-likeness (QED) is 0.308. The van der Waals surface area contributed by atoms with Crippen LogP contribution in [0, 0.1) is 24.0 Å². The SMILES string of the molecule is Cc1cccc(NC(=O)COc2ccccc2/C=N/NC(=O)c2cccc([N+](=O)[O-])c2)c1C. The smallest absolute Gasteiger partial charge is 0.271 e. The Morgan fingerprint density at radius 3 is 2.61 bits per heavy atom. The first-order chi connectivity index (χ1) is 15.8. The minimum Gasteiger partial charge on any atom is -0.483 e. The van der Waals surface area contributed by atoms with Gasteiger partial charge in [0.15, 0.2) is 6.61 Å². The van der Waals surface area contributed by atoms with Crippen molar-refractivity contribution >= 4 is 29.4 Å². The molecule has 0 fully saturated rings. The summed E-state index contributed by atoms with van der Waals surface area (Å²) in [5.41, 5.74) is 5.56. The van der Waals surface area contributed by atoms with Crippen LogP contribution in [0.2, 0.25) is 0 Å². The molecule has 0 heterocycles. The van der Waals surface area contributed by atoms with Crippen molar-refractivity contribution in [2.75, 3.05) is 11.9 Å². The molecule has 3 aromatic carbocycles. The molecule has 3 aromatic rings. The van der Waals surface area contributed by atoms with Gasteiger partial charge in [-0.1, -0.05) is 30.3 Å². The fraction of sp³-hybridized carbons (Fsp3) is 0.125. The molecule has 0 spiro atoms. The molecule has 0 aliphatic carbocycles. The first kappa shape index (κ1) is 23.1. The van der Waals surface area contributed by atoms with Crippen molar-refractivity contribution < 1.29 is 19.2 Å². The first-order valence-corrected chi connectivity index (χ1v) is 10.0. The van der Waals surface area contributed by atoms with Crippen LogP contribution in [-0.2, 0) is 4.79 Å². The maximum atomic E-state index is 12.3. The van der Waals surface area contributed by atoms with Crippen molar-refractivity contribution in [1.29, 1.82) is 0 Å². The molecule has 0 saturated carbocycles. The lowest BCUT2D eigenvalue weighted by molar-refractivity contribution is -0.384. The van der Waals surface area contributed by atoms with Gasteiger partial charge in [0.1, 0.15) is 5.75 Å². The van der Waals surface area contributed by atoms with Gasteiger partial charge in [0.2, 0.25) is 0 Å². The molecule has 0 aromatic heterocycles. The molecule has 0 saturated heterocycles. The van der Waals surface area contributed by atoms with Crippen LogP contribution in [-0.4, -0.2) is 29.6 Å². The number of nitrogens with zero attached hydrogens (tertiary/aromatic N) is 2. The summed E-state index contributed by atoms with van der Waals surface area (Å²) in [5.74, 6) is -0.502. The zero-order chi connectivity index (χ0) is 23.8. The van der Waals surface area contributed by atoms with E-state index in [1.165, 1.54) is 24.4 Å². The van der Waals surface area contributed by atoms with Crippen molar-refractivity contribution in [3.05, 3.63) is 99.1 Å². The van der Waals surface area contributed by atoms with Crippen molar-refractivity contribution in [2.24, 2.45) is 5.10 Å². The average Bonchev–Trinajstić information content (AvgIpc) is 2.81. The Morgan fingerprint density at radius 2 is 1.82 bits per heavy atom. The van der Waals surface area contributed by atoms with E-state index in [2.05, 4.69) is 15.8 Å². The number of nitrogens with one attached hydrogen (secondary N) is 2. The summed E-state index contributed by atoms with van der Waals surface area (Å²) in [6, 6.07) is 17.9. The Balaban J connectivity index is 1.61. The van der Waals surface area contributed by atoms with Gasteiger partial charge >= 0.3 is 0 Å². The highest BCUT2D eigenvalue weighted by Gasteiger charge is 2.11. The molecule has 9 nitrogen and oxygen atoms in total. The van der Waals surface area contributed by atoms with Gasteiger partial charge in [-0.15, -0.1) is 0 Å². The van der Waals surface area contributed by atoms with Crippen LogP contribution >= 0.6 is 0 Å². The van der Waals surface area contributed by atoms with Crippen molar-refractivity contribution in [1.82, 2.24) is 5.43 Å². The van der Waals surface area contributed by atoms with Crippen molar-refractivity contribution in [2.45, 2.75) is 13.8 Å². The maximum Gasteiger partial charge on any atom is 0.271 e. The molecular weight excluding hydrogens is 424 g/mol. The number of rotatable bonds is 8. The zero-order valence-corrected chi connectivity index (χ0v) is 18.1. The number of ether oxygens (including phenoxy) is 1. The highest BCUT2D eigenvalue weighted by molar-refractivity contribution is 5.96. The van der Waals surface area contributed by atoms with Crippen LogP contribution in [0.4, 0.5) is 11.4 Å². The third-order valence-corrected chi connectivity index (χ3v) is 4.85. The van der Waals surface area contributed by atoms with Crippen LogP contribution < -0.4 is 15.5 Å². The molecular formula is C24H22N4O5. The van der Waals surface area contributed by atoms with Gasteiger partial charge in [0, 0.05) is 28.9 Å². The summed E-state index contributed by atoms with van der Waals surface area (Å²) in [4.78, 5) is 34.8. The summed E-state index contributed by atoms with van der Waals surface area (Å²) in [6.45, 7) is 3.69. The van der Waals surface area contributed by atoms with E-state index in [9.17, 15) is 19.7 Å². The van der Waals surface area contributed by atoms with Crippen LogP contribution in [0.25, 0.3) is 0 Å². The molecule has 2 N–H and O–H groups in total. The molecule has 9 heteroatoms. The number of amides is 2. The van der Waals surface area contributed by atoms with E-state index in [0.29, 0.717) is 11.3 Å². The van der Waals surface area contributed by atoms with E-state index in [0.717, 1.165) is 22.9 Å². The Morgan fingerprint density at radius 1 is 1.06 bits per heavy atom. The lowest BCUT2D eigenvalue weighted by atomic mass is 10.1. The number of non-ortho nitro benzene ring substituents is 1. The predicted molar refractivity (Wildman–Crippen MR) is 125 cm³/mol. The first-order valence-electron chi connectivity index (χ1n) is 10.0. The van der Waals surface area contributed by atoms with Crippen LogP contribution in [0.3, 0.4) is 0 Å². The van der Waals surface area contributed by atoms with E-state index in [1.807, 2.05) is 32.0 Å². The van der Waals surface area contributed by atoms with Gasteiger partial charge in [-0.3, -0.25) is 19.7 Å². The molecule has 0 atom stereocenters. The lowest BCUT2D eigenvalue weighted by Gasteiger charge is -2.12. The average molecular weight is 446 g/mol. The fourth-order valence-electron chi connectivity index (χ4n) is 2.92. The number of hydrogen-bond donors (Lipinski definition) is 2. The Labute approximate surface area is 190 Å². The molecule has 33 heavy (non-hydrogen) atoms. The van der Waals surface area contributed by atoms with Crippen LogP contribution in [0.1, 0.15) is 27.0 Å². The number of nitro groups is 1. The van der Waals surface area contributed by atoms with E-state index < -0.39 is 10.8 Å². The van der Waals surface area contributed by atoms with Gasteiger partial charge in [-0.2, -0.15) is 5.10 Å². The molecule has 0 radical (unpaired) electrons. The number of para-hydroxylation sites is 1. The van der Waals surface area contributed by atoms with Gasteiger partial charge in [0.25, 0.3) is 17.5 Å². The Bertz CT molecular complexity index is 1220. The van der Waals surface area contributed by atoms with Crippen LogP contribution in [0.15, 0.2) is 71.8 Å². The highest BCUT2D eigenvalue weighted by atomic mass is 16.6. The number of nitro benzene ring substituents is 1. The Kier molecular flexibility index (Phi) is 7.48. The molecule has 2 amide bonds. The fourth-order valence-corrected chi connectivity index (χ4v) is 2.92. The molecule has 0 unspecified atom stereocenters. The normalized spacial score (nSPS) is 10.6. The van der Waals surface area contributed by atoms with Crippen LogP contribution in [0.5, 0.6) is 5.75 Å². The molecule has 168 valence electrons. The number of carbonyl (C=O) groups is 2. The zero-order valence-electron chi connectivity index (χ0n) is 18.1. The van der Waals surface area contributed by atoms with Gasteiger partial charge in [0.05, 0.1) is 11.1 Å². The second-order valence-corrected chi connectivity index (χ2v) is 7.13. The monoisotopic (exact) mass is 446 g/mol. The highest BCUT2D eigenvalue weighted by Crippen LogP contribution is 2.19. The van der Waals surface area contributed by atoms with E-state index in [4.69, 9.17) is 4.74 Å². The maximum absolute atomic E-state index is 12.3. The summed E-state index contributed by atoms with van der Waals surface area (Å²) in [7, 11) is 0. The number of anilines is 1. The molecule has 3 rings (SSSR count). The summed E-state index contributed by atoms with van der Waals surface area (Å²) >= 11 is 0. The van der Waals surface area contributed by atoms with Gasteiger partial charge < -0.3 is 10.1 Å². The second-order valence-electron chi connectivity index (χ2n) is 7.13. The number of benzene rings is 3. The molecule has 0 bridgehead atoms. The van der Waals surface area contributed by atoms with Crippen molar-refractivity contribution in [3.63, 3.8) is 0 Å². The predicted octanol–water partition coefficient (Wildman–Crippen LogP) is 3.99. The van der Waals surface area contributed by atoms with E-state index in [1.54, 1.807) is 24.3 Å². The minimum atomic E-state index is -0.596. The largest absolute Gasteiger partial charge is 0.483 e. The topological polar surface area (TPSA) is 123 Å². The standard InChI is InChI=1S/C24H22N4O5/c1-16-7-5-11-21(17(16)2)26-23(29)15-33-22-12-4-3-8-19(22)14-25-27-24(30)18-9-6-10-20(13-18)28(31)32/h3-14H,15H2,1-2H3,(H,26,29)(H,27,30)/b25-14+. The number of hydrogen-bond acceptors (Lipinski definition) is 6. The lowest BCUT2D eigenvalue weighted by Crippen LogP contribution is -2.21. The third-order valence-electron chi connectivity index (χ3n) is 4.85. The van der Waals surface area contributed by atoms with Gasteiger partial charge in [-0.05, 0) is 49.2 Å². The Hall–Kier alpha value is -4.53. The molecule has 0 aliphatic rings. The third kappa shape index (κ3) is 6.23. The minimum absolute atomic E-state index is 0.106. The second kappa shape index (κ2) is 10.7. The number of aryl methyl sites for hydroxylation is 1.